The molecule has 2 amide bonds. The molecule has 0 saturated carbocycles. The zero-order chi connectivity index (χ0) is 23.0. The Morgan fingerprint density at radius 3 is 2.45 bits per heavy atom. The van der Waals surface area contributed by atoms with Crippen molar-refractivity contribution in [1.82, 2.24) is 10.2 Å². The van der Waals surface area contributed by atoms with Crippen LogP contribution in [0.1, 0.15) is 39.2 Å². The summed E-state index contributed by atoms with van der Waals surface area (Å²) >= 11 is 1.45. The Morgan fingerprint density at radius 1 is 1.00 bits per heavy atom. The monoisotopic (exact) mass is 461 g/mol. The second-order valence-electron chi connectivity index (χ2n) is 8.54. The quantitative estimate of drug-likeness (QED) is 0.504. The lowest BCUT2D eigenvalue weighted by atomic mass is 10.1. The van der Waals surface area contributed by atoms with Gasteiger partial charge in [0, 0.05) is 18.8 Å². The van der Waals surface area contributed by atoms with Crippen LogP contribution in [-0.2, 0) is 17.8 Å². The van der Waals surface area contributed by atoms with Gasteiger partial charge >= 0.3 is 0 Å². The number of carbonyl (C=O) groups excluding carboxylic acids is 2. The zero-order valence-electron chi connectivity index (χ0n) is 19.1. The molecule has 1 aromatic heterocycles. The van der Waals surface area contributed by atoms with Gasteiger partial charge in [-0.25, -0.2) is 0 Å². The fourth-order valence-corrected chi connectivity index (χ4v) is 4.84. The summed E-state index contributed by atoms with van der Waals surface area (Å²) in [5, 5.41) is 4.95. The molecule has 1 aliphatic heterocycles. The van der Waals surface area contributed by atoms with Crippen LogP contribution in [0.5, 0.6) is 0 Å². The van der Waals surface area contributed by atoms with Crippen LogP contribution in [0.4, 0.5) is 5.69 Å². The van der Waals surface area contributed by atoms with Crippen LogP contribution in [0.25, 0.3) is 0 Å². The van der Waals surface area contributed by atoms with Crippen molar-refractivity contribution in [2.24, 2.45) is 0 Å². The molecule has 2 aromatic carbocycles. The number of anilines is 1. The molecule has 0 atom stereocenters. The maximum Gasteiger partial charge on any atom is 0.268 e. The largest absolute Gasteiger partial charge is 0.355 e. The third-order valence-electron chi connectivity index (χ3n) is 6.13. The van der Waals surface area contributed by atoms with E-state index in [1.807, 2.05) is 58.8 Å². The van der Waals surface area contributed by atoms with E-state index < -0.39 is 0 Å². The predicted octanol–water partition coefficient (Wildman–Crippen LogP) is 4.66. The number of benzene rings is 2. The molecule has 0 bridgehead atoms. The van der Waals surface area contributed by atoms with Gasteiger partial charge in [-0.15, -0.1) is 11.3 Å². The highest BCUT2D eigenvalue weighted by Gasteiger charge is 2.20. The number of rotatable bonds is 9. The van der Waals surface area contributed by atoms with Crippen molar-refractivity contribution in [2.75, 3.05) is 31.1 Å². The highest BCUT2D eigenvalue weighted by atomic mass is 32.1. The predicted molar refractivity (Wildman–Crippen MR) is 135 cm³/mol. The first-order valence-electron chi connectivity index (χ1n) is 11.6. The summed E-state index contributed by atoms with van der Waals surface area (Å²) in [6.07, 6.45) is 2.86. The SMILES string of the molecule is Cc1ccccc1CN(C(=O)c1cccs1)c1ccc(CC(=O)NCCN2CCCC2)cc1. The Morgan fingerprint density at radius 2 is 1.76 bits per heavy atom. The molecular formula is C27H31N3O2S. The number of nitrogens with zero attached hydrogens (tertiary/aromatic N) is 2. The van der Waals surface area contributed by atoms with E-state index in [1.54, 1.807) is 0 Å². The van der Waals surface area contributed by atoms with Gasteiger partial charge in [0.25, 0.3) is 5.91 Å². The summed E-state index contributed by atoms with van der Waals surface area (Å²) < 4.78 is 0. The van der Waals surface area contributed by atoms with E-state index >= 15 is 0 Å². The minimum Gasteiger partial charge on any atom is -0.355 e. The molecule has 172 valence electrons. The Bertz CT molecular complexity index is 1060. The van der Waals surface area contributed by atoms with Crippen LogP contribution in [0.2, 0.25) is 0 Å². The van der Waals surface area contributed by atoms with Gasteiger partial charge < -0.3 is 15.1 Å². The molecule has 1 aliphatic rings. The molecule has 6 heteroatoms. The number of amides is 2. The van der Waals surface area contributed by atoms with Gasteiger partial charge in [0.15, 0.2) is 0 Å². The van der Waals surface area contributed by atoms with Gasteiger partial charge in [0.2, 0.25) is 5.91 Å². The van der Waals surface area contributed by atoms with E-state index in [4.69, 9.17) is 0 Å². The Kier molecular flexibility index (Phi) is 7.92. The molecule has 4 rings (SSSR count). The first-order valence-corrected chi connectivity index (χ1v) is 12.5. The third kappa shape index (κ3) is 6.30. The molecule has 0 radical (unpaired) electrons. The molecule has 0 aliphatic carbocycles. The first-order chi connectivity index (χ1) is 16.1. The number of hydrogen-bond acceptors (Lipinski definition) is 4. The Balaban J connectivity index is 1.42. The minimum absolute atomic E-state index is 0.0133. The molecule has 1 N–H and O–H groups in total. The fourth-order valence-electron chi connectivity index (χ4n) is 4.17. The second-order valence-corrected chi connectivity index (χ2v) is 9.48. The summed E-state index contributed by atoms with van der Waals surface area (Å²) in [6, 6.07) is 19.7. The number of nitrogens with one attached hydrogen (secondary N) is 1. The van der Waals surface area contributed by atoms with Gasteiger partial charge in [-0.05, 0) is 73.1 Å². The third-order valence-corrected chi connectivity index (χ3v) is 6.99. The van der Waals surface area contributed by atoms with Crippen LogP contribution in [-0.4, -0.2) is 42.9 Å². The van der Waals surface area contributed by atoms with Crippen LogP contribution in [0.3, 0.4) is 0 Å². The van der Waals surface area contributed by atoms with Crippen molar-refractivity contribution < 1.29 is 9.59 Å². The lowest BCUT2D eigenvalue weighted by molar-refractivity contribution is -0.120. The number of aryl methyl sites for hydroxylation is 1. The van der Waals surface area contributed by atoms with Crippen molar-refractivity contribution in [2.45, 2.75) is 32.7 Å². The molecule has 3 aromatic rings. The molecule has 0 unspecified atom stereocenters. The summed E-state index contributed by atoms with van der Waals surface area (Å²) in [5.41, 5.74) is 4.04. The zero-order valence-corrected chi connectivity index (χ0v) is 19.9. The average Bonchev–Trinajstić information content (AvgIpc) is 3.53. The van der Waals surface area contributed by atoms with Gasteiger partial charge in [0.1, 0.15) is 0 Å². The molecule has 33 heavy (non-hydrogen) atoms. The number of hydrogen-bond donors (Lipinski definition) is 1. The lowest BCUT2D eigenvalue weighted by Gasteiger charge is -2.23. The fraction of sp³-hybridized carbons (Fsp3) is 0.333. The smallest absolute Gasteiger partial charge is 0.268 e. The van der Waals surface area contributed by atoms with Crippen molar-refractivity contribution in [3.8, 4) is 0 Å². The summed E-state index contributed by atoms with van der Waals surface area (Å²) in [7, 11) is 0. The van der Waals surface area contributed by atoms with Crippen LogP contribution in [0, 0.1) is 6.92 Å². The van der Waals surface area contributed by atoms with Crippen molar-refractivity contribution in [3.05, 3.63) is 87.6 Å². The lowest BCUT2D eigenvalue weighted by Crippen LogP contribution is -2.34. The maximum atomic E-state index is 13.3. The summed E-state index contributed by atoms with van der Waals surface area (Å²) in [6.45, 7) is 6.45. The van der Waals surface area contributed by atoms with E-state index in [0.29, 0.717) is 24.4 Å². The normalized spacial score (nSPS) is 13.7. The maximum absolute atomic E-state index is 13.3. The van der Waals surface area contributed by atoms with Crippen molar-refractivity contribution in [1.29, 1.82) is 0 Å². The van der Waals surface area contributed by atoms with E-state index in [1.165, 1.54) is 24.2 Å². The van der Waals surface area contributed by atoms with Crippen molar-refractivity contribution >= 4 is 28.8 Å². The highest BCUT2D eigenvalue weighted by molar-refractivity contribution is 7.12. The van der Waals surface area contributed by atoms with Crippen molar-refractivity contribution in [3.63, 3.8) is 0 Å². The standard InChI is InChI=1S/C27H31N3O2S/c1-21-7-2-3-8-23(21)20-30(27(32)25-9-6-18-33-25)24-12-10-22(11-13-24)19-26(31)28-14-17-29-15-4-5-16-29/h2-3,6-13,18H,4-5,14-17,19-20H2,1H3,(H,28,31). The van der Waals surface area contributed by atoms with E-state index in [2.05, 4.69) is 29.3 Å². The minimum atomic E-state index is -0.0133. The average molecular weight is 462 g/mol. The van der Waals surface area contributed by atoms with Crippen LogP contribution < -0.4 is 10.2 Å². The molecule has 0 spiro atoms. The number of carbonyl (C=O) groups is 2. The van der Waals surface area contributed by atoms with Gasteiger partial charge in [-0.2, -0.15) is 0 Å². The number of thiophene rings is 1. The van der Waals surface area contributed by atoms with E-state index in [0.717, 1.165) is 42.0 Å². The molecule has 2 heterocycles. The topological polar surface area (TPSA) is 52.7 Å². The van der Waals surface area contributed by atoms with Gasteiger partial charge in [-0.1, -0.05) is 42.5 Å². The van der Waals surface area contributed by atoms with Crippen LogP contribution in [0.15, 0.2) is 66.0 Å². The van der Waals surface area contributed by atoms with Gasteiger partial charge in [-0.3, -0.25) is 9.59 Å². The molecular weight excluding hydrogens is 430 g/mol. The molecule has 5 nitrogen and oxygen atoms in total. The number of likely N-dealkylation sites (tertiary alicyclic amines) is 1. The summed E-state index contributed by atoms with van der Waals surface area (Å²) in [4.78, 5) is 30.6. The Labute approximate surface area is 200 Å². The summed E-state index contributed by atoms with van der Waals surface area (Å²) in [5.74, 6) is 0.0223. The Hall–Kier alpha value is -2.96. The van der Waals surface area contributed by atoms with E-state index in [-0.39, 0.29) is 11.8 Å². The molecule has 1 saturated heterocycles. The van der Waals surface area contributed by atoms with Crippen LogP contribution >= 0.6 is 11.3 Å². The molecule has 1 fully saturated rings. The van der Waals surface area contributed by atoms with E-state index in [9.17, 15) is 9.59 Å². The first kappa shape index (κ1) is 23.2. The van der Waals surface area contributed by atoms with Gasteiger partial charge in [0.05, 0.1) is 17.8 Å². The second kappa shape index (κ2) is 11.3. The highest BCUT2D eigenvalue weighted by Crippen LogP contribution is 2.24.